The highest BCUT2D eigenvalue weighted by atomic mass is 16.7. The van der Waals surface area contributed by atoms with Crippen LogP contribution in [0, 0.1) is 11.8 Å². The quantitative estimate of drug-likeness (QED) is 0.144. The van der Waals surface area contributed by atoms with Crippen LogP contribution in [0.5, 0.6) is 0 Å². The van der Waals surface area contributed by atoms with Crippen LogP contribution >= 0.6 is 0 Å². The zero-order valence-corrected chi connectivity index (χ0v) is 26.4. The molecule has 1 aromatic rings. The second-order valence-corrected chi connectivity index (χ2v) is 13.8. The second kappa shape index (κ2) is 11.8. The highest BCUT2D eigenvalue weighted by molar-refractivity contribution is 5.91. The molecule has 12 nitrogen and oxygen atoms in total. The second-order valence-electron chi connectivity index (χ2n) is 13.8. The monoisotopic (exact) mass is 635 g/mol. The number of carbonyl (C=O) groups is 3. The molecule has 0 amide bonds. The van der Waals surface area contributed by atoms with Crippen LogP contribution in [0.2, 0.25) is 0 Å². The fraction of sp³-hybridized carbons (Fsp3) is 0.618. The van der Waals surface area contributed by atoms with Crippen molar-refractivity contribution in [1.82, 2.24) is 15.0 Å². The standard InChI is InChI=1S/C34H41N3O9/c1-19-24-11-9-21(7-5-13-33(3)28(45-33)26(24)43-30(19)38)15-37-16-23(35-36-37)18-42-32(40)41-17-22-8-6-14-34(4)29(46-34)27-25(12-10-22)20(2)31(39)44-27/h7-8,16,24-29H,1-2,5-6,9-15,17-18H2,3-4H3/b21-7+,22-8+/t24-,25-,26-,27-,28-,29-,33+,34+/m0/s1. The van der Waals surface area contributed by atoms with Crippen LogP contribution in [-0.4, -0.2) is 75.3 Å². The molecule has 8 atom stereocenters. The van der Waals surface area contributed by atoms with Crippen LogP contribution < -0.4 is 0 Å². The molecule has 0 radical (unpaired) electrons. The minimum absolute atomic E-state index is 0.0705. The number of epoxide rings is 2. The molecule has 0 saturated carbocycles. The van der Waals surface area contributed by atoms with Gasteiger partial charge in [-0.1, -0.05) is 36.1 Å². The fourth-order valence-corrected chi connectivity index (χ4v) is 7.53. The zero-order valence-electron chi connectivity index (χ0n) is 26.4. The Morgan fingerprint density at radius 3 is 2.04 bits per heavy atom. The minimum Gasteiger partial charge on any atom is -0.455 e. The Bertz CT molecular complexity index is 1530. The smallest absolute Gasteiger partial charge is 0.455 e. The number of ether oxygens (including phenoxy) is 6. The molecule has 7 rings (SSSR count). The van der Waals surface area contributed by atoms with E-state index < -0.39 is 6.16 Å². The van der Waals surface area contributed by atoms with Gasteiger partial charge in [0.1, 0.15) is 43.3 Å². The summed E-state index contributed by atoms with van der Waals surface area (Å²) in [4.78, 5) is 37.0. The summed E-state index contributed by atoms with van der Waals surface area (Å²) in [5.41, 5.74) is 3.01. The van der Waals surface area contributed by atoms with Gasteiger partial charge < -0.3 is 28.4 Å². The lowest BCUT2D eigenvalue weighted by Crippen LogP contribution is -2.29. The van der Waals surface area contributed by atoms with Crippen molar-refractivity contribution in [3.05, 3.63) is 59.5 Å². The van der Waals surface area contributed by atoms with Crippen LogP contribution in [0.15, 0.2) is 53.8 Å². The summed E-state index contributed by atoms with van der Waals surface area (Å²) in [6.45, 7) is 12.6. The maximum Gasteiger partial charge on any atom is 0.508 e. The zero-order chi connectivity index (χ0) is 32.2. The normalized spacial score (nSPS) is 39.2. The Morgan fingerprint density at radius 2 is 1.43 bits per heavy atom. The van der Waals surface area contributed by atoms with Gasteiger partial charge in [-0.25, -0.2) is 19.1 Å². The van der Waals surface area contributed by atoms with E-state index in [9.17, 15) is 14.4 Å². The van der Waals surface area contributed by atoms with Crippen LogP contribution in [0.4, 0.5) is 4.79 Å². The molecule has 2 aliphatic carbocycles. The van der Waals surface area contributed by atoms with Crippen LogP contribution in [0.25, 0.3) is 0 Å². The fourth-order valence-electron chi connectivity index (χ4n) is 7.53. The van der Waals surface area contributed by atoms with E-state index in [1.165, 1.54) is 5.57 Å². The maximum absolute atomic E-state index is 12.5. The summed E-state index contributed by atoms with van der Waals surface area (Å²) in [6, 6.07) is 0. The van der Waals surface area contributed by atoms with E-state index in [-0.39, 0.29) is 72.6 Å². The van der Waals surface area contributed by atoms with Gasteiger partial charge in [0.05, 0.1) is 23.9 Å². The van der Waals surface area contributed by atoms with Crippen LogP contribution in [0.3, 0.4) is 0 Å². The Balaban J connectivity index is 0.899. The number of rotatable bonds is 6. The predicted octanol–water partition coefficient (Wildman–Crippen LogP) is 4.44. The van der Waals surface area contributed by atoms with E-state index in [0.717, 1.165) is 44.1 Å². The van der Waals surface area contributed by atoms with E-state index in [0.29, 0.717) is 36.2 Å². The van der Waals surface area contributed by atoms with Crippen molar-refractivity contribution in [2.45, 2.75) is 114 Å². The van der Waals surface area contributed by atoms with Gasteiger partial charge in [0.25, 0.3) is 0 Å². The lowest BCUT2D eigenvalue weighted by Gasteiger charge is -2.20. The lowest BCUT2D eigenvalue weighted by molar-refractivity contribution is -0.140. The molecule has 0 aromatic carbocycles. The van der Waals surface area contributed by atoms with Gasteiger partial charge in [0, 0.05) is 23.0 Å². The number of hydrogen-bond acceptors (Lipinski definition) is 11. The van der Waals surface area contributed by atoms with Crippen molar-refractivity contribution in [3.63, 3.8) is 0 Å². The van der Waals surface area contributed by atoms with Crippen LogP contribution in [0.1, 0.15) is 70.9 Å². The van der Waals surface area contributed by atoms with E-state index >= 15 is 0 Å². The maximum atomic E-state index is 12.5. The topological polar surface area (TPSA) is 144 Å². The number of nitrogens with zero attached hydrogens (tertiary/aromatic N) is 3. The van der Waals surface area contributed by atoms with Crippen molar-refractivity contribution in [3.8, 4) is 0 Å². The highest BCUT2D eigenvalue weighted by Gasteiger charge is 2.62. The SMILES string of the molecule is C=C1C(=O)O[C@H]2[C@H]1CC/C(COC(=O)OCc1cn(C/C3=C/CC[C@@]4(C)O[C@H]4[C@H]4OC(=O)C(=C)[C@@H]4CC3)nn1)=C\CC[C@@]1(C)O[C@@H]21. The van der Waals surface area contributed by atoms with Crippen molar-refractivity contribution in [2.24, 2.45) is 11.8 Å². The van der Waals surface area contributed by atoms with Crippen molar-refractivity contribution < 1.29 is 42.8 Å². The molecular formula is C34H41N3O9. The number of aromatic nitrogens is 3. The molecule has 246 valence electrons. The first-order valence-electron chi connectivity index (χ1n) is 16.2. The molecule has 4 fully saturated rings. The van der Waals surface area contributed by atoms with Crippen molar-refractivity contribution >= 4 is 18.1 Å². The third-order valence-electron chi connectivity index (χ3n) is 10.5. The third kappa shape index (κ3) is 6.04. The summed E-state index contributed by atoms with van der Waals surface area (Å²) in [5, 5.41) is 8.41. The molecule has 6 aliphatic rings. The lowest BCUT2D eigenvalue weighted by atomic mass is 9.84. The predicted molar refractivity (Wildman–Crippen MR) is 161 cm³/mol. The molecule has 0 N–H and O–H groups in total. The molecule has 4 saturated heterocycles. The average Bonchev–Trinajstić information content (AvgIpc) is 3.71. The Kier molecular flexibility index (Phi) is 7.91. The van der Waals surface area contributed by atoms with Crippen molar-refractivity contribution in [2.75, 3.05) is 6.61 Å². The van der Waals surface area contributed by atoms with Crippen LogP contribution in [-0.2, 0) is 51.2 Å². The number of hydrogen-bond donors (Lipinski definition) is 0. The summed E-state index contributed by atoms with van der Waals surface area (Å²) >= 11 is 0. The van der Waals surface area contributed by atoms with Gasteiger partial charge in [-0.2, -0.15) is 0 Å². The molecular weight excluding hydrogens is 594 g/mol. The highest BCUT2D eigenvalue weighted by Crippen LogP contribution is 2.51. The van der Waals surface area contributed by atoms with E-state index in [1.807, 2.05) is 6.92 Å². The minimum atomic E-state index is -0.793. The molecule has 0 spiro atoms. The molecule has 1 aromatic heterocycles. The largest absolute Gasteiger partial charge is 0.508 e. The number of fused-ring (bicyclic) bond motifs is 6. The Morgan fingerprint density at radius 1 is 0.891 bits per heavy atom. The number of allylic oxidation sites excluding steroid dienone is 3. The number of esters is 2. The molecule has 4 aliphatic heterocycles. The van der Waals surface area contributed by atoms with Gasteiger partial charge in [0.15, 0.2) is 0 Å². The van der Waals surface area contributed by atoms with Gasteiger partial charge in [-0.05, 0) is 70.8 Å². The van der Waals surface area contributed by atoms with Gasteiger partial charge in [0.2, 0.25) is 0 Å². The summed E-state index contributed by atoms with van der Waals surface area (Å²) in [5.74, 6) is -0.878. The average molecular weight is 636 g/mol. The summed E-state index contributed by atoms with van der Waals surface area (Å²) in [6.07, 6.45) is 10.5. The molecule has 46 heavy (non-hydrogen) atoms. The van der Waals surface area contributed by atoms with E-state index in [4.69, 9.17) is 28.4 Å². The van der Waals surface area contributed by atoms with E-state index in [1.54, 1.807) is 10.9 Å². The molecule has 12 heteroatoms. The van der Waals surface area contributed by atoms with Gasteiger partial charge >= 0.3 is 18.1 Å². The third-order valence-corrected chi connectivity index (χ3v) is 10.5. The Hall–Kier alpha value is -3.77. The first-order chi connectivity index (χ1) is 22.0. The summed E-state index contributed by atoms with van der Waals surface area (Å²) < 4.78 is 35.7. The molecule has 0 bridgehead atoms. The van der Waals surface area contributed by atoms with Gasteiger partial charge in [-0.15, -0.1) is 5.10 Å². The molecule has 5 heterocycles. The van der Waals surface area contributed by atoms with E-state index in [2.05, 4.69) is 42.5 Å². The first-order valence-corrected chi connectivity index (χ1v) is 16.2. The summed E-state index contributed by atoms with van der Waals surface area (Å²) in [7, 11) is 0. The molecule has 0 unspecified atom stereocenters. The van der Waals surface area contributed by atoms with Gasteiger partial charge in [-0.3, -0.25) is 0 Å². The number of carbonyl (C=O) groups excluding carboxylic acids is 3. The Labute approximate surface area is 267 Å². The first kappa shape index (κ1) is 30.9. The van der Waals surface area contributed by atoms with Crippen molar-refractivity contribution in [1.29, 1.82) is 0 Å².